The van der Waals surface area contributed by atoms with Crippen molar-refractivity contribution in [2.24, 2.45) is 0 Å². The molecule has 0 aliphatic heterocycles. The summed E-state index contributed by atoms with van der Waals surface area (Å²) in [6.07, 6.45) is 0. The molecular formula is C5H11OSiW-. The summed E-state index contributed by atoms with van der Waals surface area (Å²) in [5.41, 5.74) is 2.86. The van der Waals surface area contributed by atoms with Crippen LogP contribution < -0.4 is 0 Å². The molecule has 0 fully saturated rings. The summed E-state index contributed by atoms with van der Waals surface area (Å²) in [4.78, 5) is 0. The van der Waals surface area contributed by atoms with Crippen LogP contribution in [0.15, 0.2) is 6.58 Å². The van der Waals surface area contributed by atoms with E-state index in [4.69, 9.17) is 4.43 Å². The molecule has 0 spiro atoms. The van der Waals surface area contributed by atoms with Crippen molar-refractivity contribution in [1.82, 2.24) is 0 Å². The van der Waals surface area contributed by atoms with Gasteiger partial charge in [0.15, 0.2) is 0 Å². The van der Waals surface area contributed by atoms with E-state index < -0.39 is 8.32 Å². The van der Waals surface area contributed by atoms with Gasteiger partial charge in [0.1, 0.15) is 0 Å². The van der Waals surface area contributed by atoms with Crippen molar-refractivity contribution in [2.45, 2.75) is 13.1 Å². The van der Waals surface area contributed by atoms with Crippen molar-refractivity contribution in [2.75, 3.05) is 7.11 Å². The van der Waals surface area contributed by atoms with E-state index in [9.17, 15) is 0 Å². The van der Waals surface area contributed by atoms with Crippen LogP contribution in [-0.4, -0.2) is 15.4 Å². The molecule has 0 unspecified atom stereocenters. The average molecular weight is 299 g/mol. The normalized spacial score (nSPS) is 9.88. The van der Waals surface area contributed by atoms with Gasteiger partial charge in [0, 0.05) is 36.5 Å². The maximum atomic E-state index is 5.05. The molecule has 0 aromatic carbocycles. The maximum absolute atomic E-state index is 5.05. The molecule has 0 radical (unpaired) electrons. The minimum absolute atomic E-state index is 0. The molecule has 0 aliphatic carbocycles. The maximum Gasteiger partial charge on any atom is 0.0313 e. The second-order valence-corrected chi connectivity index (χ2v) is 5.67. The summed E-state index contributed by atoms with van der Waals surface area (Å²) in [6, 6.07) is 0. The molecule has 48 valence electrons. The SMILES string of the molecule is C=[C-][Si](C)(C)OC.[W]. The van der Waals surface area contributed by atoms with Crippen LogP contribution in [0.25, 0.3) is 0 Å². The van der Waals surface area contributed by atoms with Gasteiger partial charge < -0.3 is 10.1 Å². The fourth-order valence-corrected chi connectivity index (χ4v) is 0.217. The second kappa shape index (κ2) is 4.48. The zero-order valence-electron chi connectivity index (χ0n) is 5.52. The van der Waals surface area contributed by atoms with Crippen molar-refractivity contribution >= 4 is 8.32 Å². The van der Waals surface area contributed by atoms with Crippen molar-refractivity contribution in [3.63, 3.8) is 0 Å². The van der Waals surface area contributed by atoms with E-state index in [0.29, 0.717) is 0 Å². The van der Waals surface area contributed by atoms with Crippen molar-refractivity contribution in [1.29, 1.82) is 0 Å². The zero-order valence-corrected chi connectivity index (χ0v) is 9.46. The van der Waals surface area contributed by atoms with Crippen LogP contribution in [0.3, 0.4) is 0 Å². The third-order valence-electron chi connectivity index (χ3n) is 0.936. The molecule has 0 rings (SSSR count). The summed E-state index contributed by atoms with van der Waals surface area (Å²) in [6.45, 7) is 7.60. The second-order valence-electron chi connectivity index (χ2n) is 1.89. The van der Waals surface area contributed by atoms with Crippen LogP contribution in [-0.2, 0) is 25.5 Å². The summed E-state index contributed by atoms with van der Waals surface area (Å²) in [5.74, 6) is 0. The summed E-state index contributed by atoms with van der Waals surface area (Å²) in [7, 11) is 0.186. The molecule has 0 bridgehead atoms. The van der Waals surface area contributed by atoms with Crippen LogP contribution >= 0.6 is 0 Å². The zero-order chi connectivity index (χ0) is 5.91. The van der Waals surface area contributed by atoms with E-state index in [1.54, 1.807) is 7.11 Å². The molecule has 8 heavy (non-hydrogen) atoms. The van der Waals surface area contributed by atoms with Crippen molar-refractivity contribution in [3.8, 4) is 0 Å². The first kappa shape index (κ1) is 11.4. The Hall–Kier alpha value is 0.605. The molecule has 0 saturated heterocycles. The van der Waals surface area contributed by atoms with Gasteiger partial charge in [-0.15, -0.1) is 0 Å². The molecule has 1 nitrogen and oxygen atoms in total. The minimum Gasteiger partial charge on any atom is -0.478 e. The molecule has 0 saturated carbocycles. The fraction of sp³-hybridized carbons (Fsp3) is 0.600. The monoisotopic (exact) mass is 299 g/mol. The predicted molar refractivity (Wildman–Crippen MR) is 33.4 cm³/mol. The Bertz CT molecular complexity index is 72.8. The number of hydrogen-bond acceptors (Lipinski definition) is 1. The van der Waals surface area contributed by atoms with Gasteiger partial charge >= 0.3 is 0 Å². The summed E-state index contributed by atoms with van der Waals surface area (Å²) in [5, 5.41) is 0. The largest absolute Gasteiger partial charge is 0.478 e. The van der Waals surface area contributed by atoms with Gasteiger partial charge in [-0.25, -0.2) is 0 Å². The first-order valence-electron chi connectivity index (χ1n) is 2.22. The third-order valence-corrected chi connectivity index (χ3v) is 2.81. The first-order valence-corrected chi connectivity index (χ1v) is 5.12. The predicted octanol–water partition coefficient (Wildman–Crippen LogP) is 1.36. The Morgan fingerprint density at radius 1 is 1.50 bits per heavy atom. The van der Waals surface area contributed by atoms with Gasteiger partial charge in [0.25, 0.3) is 0 Å². The van der Waals surface area contributed by atoms with E-state index in [2.05, 4.69) is 12.3 Å². The van der Waals surface area contributed by atoms with Crippen LogP contribution in [0.1, 0.15) is 0 Å². The molecule has 0 aliphatic rings. The van der Waals surface area contributed by atoms with E-state index in [0.717, 1.165) is 0 Å². The van der Waals surface area contributed by atoms with Crippen molar-refractivity contribution in [3.05, 3.63) is 12.3 Å². The van der Waals surface area contributed by atoms with Gasteiger partial charge in [0.2, 0.25) is 0 Å². The average Bonchev–Trinajstić information content (AvgIpc) is 1.68. The van der Waals surface area contributed by atoms with Gasteiger partial charge in [-0.05, 0) is 0 Å². The smallest absolute Gasteiger partial charge is 0.0313 e. The Morgan fingerprint density at radius 3 is 1.88 bits per heavy atom. The summed E-state index contributed by atoms with van der Waals surface area (Å²) >= 11 is 0. The van der Waals surface area contributed by atoms with Gasteiger partial charge in [0.05, 0.1) is 0 Å². The fourth-order valence-electron chi connectivity index (χ4n) is 0.0722. The van der Waals surface area contributed by atoms with Gasteiger partial charge in [-0.3, -0.25) is 6.58 Å². The van der Waals surface area contributed by atoms with Crippen LogP contribution in [0.2, 0.25) is 13.1 Å². The van der Waals surface area contributed by atoms with E-state index in [1.165, 1.54) is 0 Å². The molecule has 0 aromatic rings. The Labute approximate surface area is 66.5 Å². The standard InChI is InChI=1S/C5H11OSi.W/c1-5-7(3,4)6-2;/h1H2,2-4H3;/q-1;. The Balaban J connectivity index is 0. The van der Waals surface area contributed by atoms with E-state index >= 15 is 0 Å². The summed E-state index contributed by atoms with van der Waals surface area (Å²) < 4.78 is 5.05. The Morgan fingerprint density at radius 2 is 1.88 bits per heavy atom. The van der Waals surface area contributed by atoms with Crippen LogP contribution in [0.5, 0.6) is 0 Å². The third kappa shape index (κ3) is 4.76. The topological polar surface area (TPSA) is 9.23 Å². The molecule has 0 atom stereocenters. The van der Waals surface area contributed by atoms with E-state index in [1.807, 2.05) is 13.1 Å². The van der Waals surface area contributed by atoms with Gasteiger partial charge in [-0.2, -0.15) is 0 Å². The molecule has 0 heterocycles. The molecule has 0 aromatic heterocycles. The van der Waals surface area contributed by atoms with Gasteiger partial charge in [-0.1, -0.05) is 13.1 Å². The minimum atomic E-state index is -1.51. The van der Waals surface area contributed by atoms with Crippen molar-refractivity contribution < 1.29 is 25.5 Å². The van der Waals surface area contributed by atoms with Crippen LogP contribution in [0.4, 0.5) is 0 Å². The molecule has 3 heteroatoms. The van der Waals surface area contributed by atoms with E-state index in [-0.39, 0.29) is 21.1 Å². The molecule has 0 amide bonds. The molecule has 0 N–H and O–H groups in total. The molecular weight excluding hydrogens is 288 g/mol. The first-order chi connectivity index (χ1) is 3.12. The number of rotatable bonds is 2. The number of hydrogen-bond donors (Lipinski definition) is 0. The quantitative estimate of drug-likeness (QED) is 0.553. The van der Waals surface area contributed by atoms with Crippen LogP contribution in [0, 0.1) is 5.70 Å². The Kier molecular flexibility index (Phi) is 6.39.